The third kappa shape index (κ3) is 3.99. The van der Waals surface area contributed by atoms with Crippen LogP contribution in [-0.2, 0) is 0 Å². The Morgan fingerprint density at radius 1 is 1.12 bits per heavy atom. The van der Waals surface area contributed by atoms with E-state index in [2.05, 4.69) is 26.8 Å². The van der Waals surface area contributed by atoms with Gasteiger partial charge in [-0.2, -0.15) is 0 Å². The summed E-state index contributed by atoms with van der Waals surface area (Å²) in [4.78, 5) is 0. The van der Waals surface area contributed by atoms with Gasteiger partial charge in [-0.3, -0.25) is 0 Å². The van der Waals surface area contributed by atoms with Gasteiger partial charge in [0.2, 0.25) is 0 Å². The van der Waals surface area contributed by atoms with E-state index in [0.29, 0.717) is 21.9 Å². The SMILES string of the molecule is CCCC(CC(C)C)c1ccc(Cl)c(Cl)c1. The molecule has 0 saturated heterocycles. The summed E-state index contributed by atoms with van der Waals surface area (Å²) in [5.74, 6) is 1.32. The van der Waals surface area contributed by atoms with E-state index in [1.807, 2.05) is 12.1 Å². The summed E-state index contributed by atoms with van der Waals surface area (Å²) >= 11 is 12.0. The van der Waals surface area contributed by atoms with Crippen molar-refractivity contribution in [3.05, 3.63) is 33.8 Å². The smallest absolute Gasteiger partial charge is 0.0595 e. The molecular formula is C14H20Cl2. The van der Waals surface area contributed by atoms with E-state index in [0.717, 1.165) is 0 Å². The fraction of sp³-hybridized carbons (Fsp3) is 0.571. The number of hydrogen-bond donors (Lipinski definition) is 0. The zero-order valence-corrected chi connectivity index (χ0v) is 11.8. The lowest BCUT2D eigenvalue weighted by atomic mass is 9.87. The third-order valence-electron chi connectivity index (χ3n) is 2.81. The van der Waals surface area contributed by atoms with Gasteiger partial charge in [-0.25, -0.2) is 0 Å². The lowest BCUT2D eigenvalue weighted by Crippen LogP contribution is -2.03. The molecule has 1 atom stereocenters. The van der Waals surface area contributed by atoms with Crippen LogP contribution in [0.25, 0.3) is 0 Å². The van der Waals surface area contributed by atoms with Gasteiger partial charge in [-0.05, 0) is 42.4 Å². The zero-order valence-electron chi connectivity index (χ0n) is 10.3. The molecule has 0 fully saturated rings. The van der Waals surface area contributed by atoms with Crippen LogP contribution in [0.4, 0.5) is 0 Å². The molecule has 0 aromatic heterocycles. The van der Waals surface area contributed by atoms with Crippen LogP contribution < -0.4 is 0 Å². The van der Waals surface area contributed by atoms with E-state index in [1.54, 1.807) is 0 Å². The van der Waals surface area contributed by atoms with Crippen molar-refractivity contribution in [2.45, 2.75) is 46.0 Å². The molecule has 0 heterocycles. The molecule has 0 nitrogen and oxygen atoms in total. The minimum Gasteiger partial charge on any atom is -0.0827 e. The van der Waals surface area contributed by atoms with E-state index >= 15 is 0 Å². The highest BCUT2D eigenvalue weighted by Gasteiger charge is 2.13. The van der Waals surface area contributed by atoms with Gasteiger partial charge in [0.15, 0.2) is 0 Å². The molecular weight excluding hydrogens is 239 g/mol. The highest BCUT2D eigenvalue weighted by atomic mass is 35.5. The van der Waals surface area contributed by atoms with E-state index in [-0.39, 0.29) is 0 Å². The van der Waals surface area contributed by atoms with Crippen LogP contribution in [0.5, 0.6) is 0 Å². The van der Waals surface area contributed by atoms with Crippen LogP contribution in [0.15, 0.2) is 18.2 Å². The van der Waals surface area contributed by atoms with E-state index < -0.39 is 0 Å². The number of benzene rings is 1. The summed E-state index contributed by atoms with van der Waals surface area (Å²) in [5, 5.41) is 1.31. The predicted octanol–water partition coefficient (Wildman–Crippen LogP) is 5.92. The van der Waals surface area contributed by atoms with Gasteiger partial charge >= 0.3 is 0 Å². The van der Waals surface area contributed by atoms with Crippen LogP contribution in [-0.4, -0.2) is 0 Å². The van der Waals surface area contributed by atoms with E-state index in [9.17, 15) is 0 Å². The largest absolute Gasteiger partial charge is 0.0827 e. The van der Waals surface area contributed by atoms with Crippen LogP contribution in [0.2, 0.25) is 10.0 Å². The monoisotopic (exact) mass is 258 g/mol. The number of hydrogen-bond acceptors (Lipinski definition) is 0. The Balaban J connectivity index is 2.87. The molecule has 0 aliphatic heterocycles. The summed E-state index contributed by atoms with van der Waals surface area (Å²) in [6.45, 7) is 6.76. The van der Waals surface area contributed by atoms with Crippen molar-refractivity contribution in [3.63, 3.8) is 0 Å². The highest BCUT2D eigenvalue weighted by Crippen LogP contribution is 2.32. The van der Waals surface area contributed by atoms with Crippen molar-refractivity contribution in [1.29, 1.82) is 0 Å². The molecule has 90 valence electrons. The topological polar surface area (TPSA) is 0 Å². The Hall–Kier alpha value is -0.200. The van der Waals surface area contributed by atoms with Gasteiger partial charge < -0.3 is 0 Å². The third-order valence-corrected chi connectivity index (χ3v) is 3.55. The van der Waals surface area contributed by atoms with Crippen LogP contribution in [0, 0.1) is 5.92 Å². The van der Waals surface area contributed by atoms with Crippen molar-refractivity contribution < 1.29 is 0 Å². The molecule has 16 heavy (non-hydrogen) atoms. The normalized spacial score (nSPS) is 13.1. The van der Waals surface area contributed by atoms with Crippen molar-refractivity contribution >= 4 is 23.2 Å². The lowest BCUT2D eigenvalue weighted by molar-refractivity contribution is 0.472. The molecule has 0 aliphatic rings. The van der Waals surface area contributed by atoms with Crippen LogP contribution in [0.3, 0.4) is 0 Å². The number of rotatable bonds is 5. The van der Waals surface area contributed by atoms with Crippen LogP contribution >= 0.6 is 23.2 Å². The minimum absolute atomic E-state index is 0.611. The summed E-state index contributed by atoms with van der Waals surface area (Å²) < 4.78 is 0. The van der Waals surface area contributed by atoms with Crippen molar-refractivity contribution in [3.8, 4) is 0 Å². The minimum atomic E-state index is 0.611. The first-order valence-electron chi connectivity index (χ1n) is 5.99. The molecule has 1 unspecified atom stereocenters. The average Bonchev–Trinajstić information content (AvgIpc) is 2.21. The molecule has 0 radical (unpaired) electrons. The van der Waals surface area contributed by atoms with Gasteiger partial charge in [0.1, 0.15) is 0 Å². The lowest BCUT2D eigenvalue weighted by Gasteiger charge is -2.19. The van der Waals surface area contributed by atoms with Gasteiger partial charge in [0, 0.05) is 0 Å². The molecule has 0 spiro atoms. The Morgan fingerprint density at radius 2 is 1.81 bits per heavy atom. The Kier molecular flexibility index (Phi) is 5.64. The molecule has 0 N–H and O–H groups in total. The first kappa shape index (κ1) is 13.9. The number of halogens is 2. The molecule has 0 amide bonds. The van der Waals surface area contributed by atoms with E-state index in [4.69, 9.17) is 23.2 Å². The van der Waals surface area contributed by atoms with Crippen molar-refractivity contribution in [2.75, 3.05) is 0 Å². The van der Waals surface area contributed by atoms with Crippen molar-refractivity contribution in [1.82, 2.24) is 0 Å². The molecule has 0 aliphatic carbocycles. The molecule has 0 saturated carbocycles. The first-order valence-corrected chi connectivity index (χ1v) is 6.75. The van der Waals surface area contributed by atoms with Crippen LogP contribution in [0.1, 0.15) is 51.5 Å². The van der Waals surface area contributed by atoms with Gasteiger partial charge in [-0.15, -0.1) is 0 Å². The Labute approximate surface area is 109 Å². The molecule has 1 rings (SSSR count). The second-order valence-electron chi connectivity index (χ2n) is 4.79. The Morgan fingerprint density at radius 3 is 2.31 bits per heavy atom. The average molecular weight is 259 g/mol. The predicted molar refractivity (Wildman–Crippen MR) is 73.6 cm³/mol. The highest BCUT2D eigenvalue weighted by molar-refractivity contribution is 6.42. The van der Waals surface area contributed by atoms with Gasteiger partial charge in [-0.1, -0.05) is 56.5 Å². The Bertz CT molecular complexity index is 332. The molecule has 0 bridgehead atoms. The second kappa shape index (κ2) is 6.51. The molecule has 1 aromatic rings. The fourth-order valence-corrected chi connectivity index (χ4v) is 2.41. The quantitative estimate of drug-likeness (QED) is 0.615. The van der Waals surface area contributed by atoms with Gasteiger partial charge in [0.05, 0.1) is 10.0 Å². The first-order chi connectivity index (χ1) is 7.54. The van der Waals surface area contributed by atoms with E-state index in [1.165, 1.54) is 24.8 Å². The maximum atomic E-state index is 6.06. The maximum absolute atomic E-state index is 6.06. The molecule has 2 heteroatoms. The molecule has 1 aromatic carbocycles. The summed E-state index contributed by atoms with van der Waals surface area (Å²) in [6.07, 6.45) is 3.64. The van der Waals surface area contributed by atoms with Gasteiger partial charge in [0.25, 0.3) is 0 Å². The summed E-state index contributed by atoms with van der Waals surface area (Å²) in [6, 6.07) is 6.03. The zero-order chi connectivity index (χ0) is 12.1. The fourth-order valence-electron chi connectivity index (χ4n) is 2.10. The van der Waals surface area contributed by atoms with Crippen molar-refractivity contribution in [2.24, 2.45) is 5.92 Å². The summed E-state index contributed by atoms with van der Waals surface area (Å²) in [7, 11) is 0. The maximum Gasteiger partial charge on any atom is 0.0595 e. The standard InChI is InChI=1S/C14H20Cl2/c1-4-5-11(8-10(2)3)12-6-7-13(15)14(16)9-12/h6-7,9-11H,4-5,8H2,1-3H3. The summed E-state index contributed by atoms with van der Waals surface area (Å²) in [5.41, 5.74) is 1.32. The second-order valence-corrected chi connectivity index (χ2v) is 5.60.